The van der Waals surface area contributed by atoms with E-state index in [-0.39, 0.29) is 10.5 Å². The maximum Gasteiger partial charge on any atom is 0.417 e. The van der Waals surface area contributed by atoms with E-state index in [0.717, 1.165) is 5.56 Å². The van der Waals surface area contributed by atoms with E-state index in [4.69, 9.17) is 4.42 Å². The molecule has 3 heterocycles. The van der Waals surface area contributed by atoms with E-state index in [1.54, 1.807) is 36.5 Å². The number of hydrogen-bond donors (Lipinski definition) is 4. The van der Waals surface area contributed by atoms with Gasteiger partial charge in [-0.3, -0.25) is 9.71 Å². The van der Waals surface area contributed by atoms with E-state index in [1.165, 1.54) is 24.5 Å². The van der Waals surface area contributed by atoms with Crippen molar-refractivity contribution in [3.8, 4) is 0 Å². The number of fused-ring (bicyclic) bond motifs is 1. The summed E-state index contributed by atoms with van der Waals surface area (Å²) in [6.45, 7) is 1.98. The zero-order chi connectivity index (χ0) is 24.4. The van der Waals surface area contributed by atoms with Gasteiger partial charge in [0.25, 0.3) is 10.0 Å². The van der Waals surface area contributed by atoms with Crippen molar-refractivity contribution in [2.45, 2.75) is 11.8 Å². The van der Waals surface area contributed by atoms with Crippen LogP contribution in [0.1, 0.15) is 5.56 Å². The highest BCUT2D eigenvalue weighted by molar-refractivity contribution is 7.92. The number of nitrogens with zero attached hydrogens (tertiary/aromatic N) is 3. The highest BCUT2D eigenvalue weighted by Crippen LogP contribution is 2.23. The molecule has 0 saturated heterocycles. The molecule has 4 N–H and O–H groups in total. The lowest BCUT2D eigenvalue weighted by atomic mass is 10.3. The minimum Gasteiger partial charge on any atom is -0.408 e. The lowest BCUT2D eigenvalue weighted by molar-refractivity contribution is 0.555. The number of H-pyrrole nitrogens is 1. The topological polar surface area (TPSA) is 155 Å². The second-order valence-corrected chi connectivity index (χ2v) is 9.29. The van der Waals surface area contributed by atoms with Gasteiger partial charge in [-0.1, -0.05) is 0 Å². The molecule has 176 valence electrons. The van der Waals surface area contributed by atoms with Gasteiger partial charge < -0.3 is 15.1 Å². The Kier molecular flexibility index (Phi) is 5.63. The van der Waals surface area contributed by atoms with Gasteiger partial charge in [-0.05, 0) is 67.1 Å². The van der Waals surface area contributed by atoms with E-state index >= 15 is 0 Å². The smallest absolute Gasteiger partial charge is 0.408 e. The molecule has 0 amide bonds. The number of sulfonamides is 1. The number of rotatable bonds is 7. The van der Waals surface area contributed by atoms with Gasteiger partial charge in [-0.25, -0.2) is 28.2 Å². The SMILES string of the molecule is Cc1ccnc(Nc2cc(Nc3ccc(NS(=O)(=O)c4ccc5oc(=O)[nH]c5c4)cc3)ncn2)c1. The molecule has 0 bridgehead atoms. The van der Waals surface area contributed by atoms with Crippen molar-refractivity contribution in [3.05, 3.63) is 89.3 Å². The molecule has 35 heavy (non-hydrogen) atoms. The lowest BCUT2D eigenvalue weighted by Crippen LogP contribution is -2.12. The molecule has 3 aromatic heterocycles. The second-order valence-electron chi connectivity index (χ2n) is 7.61. The van der Waals surface area contributed by atoms with Crippen LogP contribution in [0.3, 0.4) is 0 Å². The maximum absolute atomic E-state index is 12.8. The Labute approximate surface area is 199 Å². The van der Waals surface area contributed by atoms with Gasteiger partial charge in [0.2, 0.25) is 0 Å². The van der Waals surface area contributed by atoms with Gasteiger partial charge in [-0.15, -0.1) is 0 Å². The van der Waals surface area contributed by atoms with Crippen molar-refractivity contribution in [2.75, 3.05) is 15.4 Å². The first-order valence-corrected chi connectivity index (χ1v) is 11.9. The van der Waals surface area contributed by atoms with E-state index in [0.29, 0.717) is 34.3 Å². The maximum atomic E-state index is 12.8. The van der Waals surface area contributed by atoms with Crippen LogP contribution in [0.5, 0.6) is 0 Å². The fraction of sp³-hybridized carbons (Fsp3) is 0.0435. The lowest BCUT2D eigenvalue weighted by Gasteiger charge is -2.11. The Morgan fingerprint density at radius 3 is 2.31 bits per heavy atom. The van der Waals surface area contributed by atoms with Gasteiger partial charge in [0.15, 0.2) is 5.58 Å². The number of aryl methyl sites for hydroxylation is 1. The average Bonchev–Trinajstić information content (AvgIpc) is 3.20. The first kappa shape index (κ1) is 22.1. The minimum absolute atomic E-state index is 0.00614. The molecule has 5 aromatic rings. The van der Waals surface area contributed by atoms with Crippen LogP contribution in [0.4, 0.5) is 28.8 Å². The summed E-state index contributed by atoms with van der Waals surface area (Å²) in [5.74, 6) is 1.14. The van der Waals surface area contributed by atoms with Crippen molar-refractivity contribution < 1.29 is 12.8 Å². The molecule has 0 aliphatic rings. The number of oxazole rings is 1. The summed E-state index contributed by atoms with van der Waals surface area (Å²) in [6.07, 6.45) is 3.14. The van der Waals surface area contributed by atoms with Gasteiger partial charge >= 0.3 is 5.76 Å². The number of pyridine rings is 1. The van der Waals surface area contributed by atoms with Crippen LogP contribution >= 0.6 is 0 Å². The normalized spacial score (nSPS) is 11.3. The molecule has 0 atom stereocenters. The molecule has 0 aliphatic carbocycles. The van der Waals surface area contributed by atoms with E-state index in [1.807, 2.05) is 19.1 Å². The molecule has 0 aliphatic heterocycles. The highest BCUT2D eigenvalue weighted by Gasteiger charge is 2.16. The quantitative estimate of drug-likeness (QED) is 0.266. The Morgan fingerprint density at radius 1 is 0.829 bits per heavy atom. The van der Waals surface area contributed by atoms with Crippen LogP contribution in [-0.2, 0) is 10.0 Å². The fourth-order valence-electron chi connectivity index (χ4n) is 3.31. The van der Waals surface area contributed by atoms with Crippen molar-refractivity contribution >= 4 is 50.0 Å². The van der Waals surface area contributed by atoms with Crippen LogP contribution in [0.2, 0.25) is 0 Å². The molecule has 0 fully saturated rings. The Bertz CT molecular complexity index is 1680. The molecule has 0 unspecified atom stereocenters. The van der Waals surface area contributed by atoms with Crippen LogP contribution in [0.15, 0.2) is 87.3 Å². The molecule has 12 heteroatoms. The third-order valence-electron chi connectivity index (χ3n) is 4.95. The standard InChI is InChI=1S/C23H19N7O4S/c1-14-8-9-24-20(10-14)29-22-12-21(25-13-26-22)27-15-2-4-16(5-3-15)30-35(32,33)17-6-7-19-18(11-17)28-23(31)34-19/h2-13,30H,1H3,(H,28,31)(H2,24,25,26,27,29). The first-order valence-electron chi connectivity index (χ1n) is 10.4. The van der Waals surface area contributed by atoms with Crippen LogP contribution in [-0.4, -0.2) is 28.4 Å². The van der Waals surface area contributed by atoms with Crippen molar-refractivity contribution in [3.63, 3.8) is 0 Å². The monoisotopic (exact) mass is 489 g/mol. The molecule has 0 spiro atoms. The summed E-state index contributed by atoms with van der Waals surface area (Å²) >= 11 is 0. The minimum atomic E-state index is -3.87. The van der Waals surface area contributed by atoms with Crippen LogP contribution < -0.4 is 21.1 Å². The van der Waals surface area contributed by atoms with Gasteiger partial charge in [0.05, 0.1) is 10.4 Å². The number of aromatic amines is 1. The number of anilines is 5. The van der Waals surface area contributed by atoms with Crippen LogP contribution in [0.25, 0.3) is 11.1 Å². The van der Waals surface area contributed by atoms with Crippen LogP contribution in [0, 0.1) is 6.92 Å². The highest BCUT2D eigenvalue weighted by atomic mass is 32.2. The molecule has 2 aromatic carbocycles. The average molecular weight is 490 g/mol. The zero-order valence-electron chi connectivity index (χ0n) is 18.3. The van der Waals surface area contributed by atoms with E-state index < -0.39 is 15.8 Å². The molecule has 0 radical (unpaired) electrons. The first-order chi connectivity index (χ1) is 16.8. The number of benzene rings is 2. The van der Waals surface area contributed by atoms with E-state index in [2.05, 4.69) is 35.3 Å². The predicted octanol–water partition coefficient (Wildman–Crippen LogP) is 3.90. The van der Waals surface area contributed by atoms with Gasteiger partial charge in [0, 0.05) is 23.6 Å². The second kappa shape index (κ2) is 8.91. The molecular formula is C23H19N7O4S. The van der Waals surface area contributed by atoms with Crippen molar-refractivity contribution in [1.29, 1.82) is 0 Å². The summed E-state index contributed by atoms with van der Waals surface area (Å²) in [5, 5.41) is 6.28. The Balaban J connectivity index is 1.27. The third kappa shape index (κ3) is 5.12. The van der Waals surface area contributed by atoms with Gasteiger partial charge in [0.1, 0.15) is 23.8 Å². The third-order valence-corrected chi connectivity index (χ3v) is 6.33. The fourth-order valence-corrected chi connectivity index (χ4v) is 4.40. The summed E-state index contributed by atoms with van der Waals surface area (Å²) in [6, 6.07) is 16.3. The van der Waals surface area contributed by atoms with Crippen molar-refractivity contribution in [1.82, 2.24) is 19.9 Å². The summed E-state index contributed by atoms with van der Waals surface area (Å²) < 4.78 is 32.9. The Morgan fingerprint density at radius 2 is 1.54 bits per heavy atom. The number of aromatic nitrogens is 4. The summed E-state index contributed by atoms with van der Waals surface area (Å²) in [4.78, 5) is 26.4. The number of hydrogen-bond acceptors (Lipinski definition) is 9. The van der Waals surface area contributed by atoms with Gasteiger partial charge in [-0.2, -0.15) is 0 Å². The summed E-state index contributed by atoms with van der Waals surface area (Å²) in [5.41, 5.74) is 2.72. The largest absolute Gasteiger partial charge is 0.417 e. The summed E-state index contributed by atoms with van der Waals surface area (Å²) in [7, 11) is -3.87. The predicted molar refractivity (Wildman–Crippen MR) is 132 cm³/mol. The molecule has 11 nitrogen and oxygen atoms in total. The molecular weight excluding hydrogens is 470 g/mol. The Hall–Kier alpha value is -4.71. The zero-order valence-corrected chi connectivity index (χ0v) is 19.1. The molecule has 5 rings (SSSR count). The van der Waals surface area contributed by atoms with E-state index in [9.17, 15) is 13.2 Å². The molecule has 0 saturated carbocycles. The number of nitrogens with one attached hydrogen (secondary N) is 4. The van der Waals surface area contributed by atoms with Crippen molar-refractivity contribution in [2.24, 2.45) is 0 Å².